The summed E-state index contributed by atoms with van der Waals surface area (Å²) in [7, 11) is 3.95. The van der Waals surface area contributed by atoms with Gasteiger partial charge in [0.25, 0.3) is 0 Å². The third kappa shape index (κ3) is 4.61. The Bertz CT molecular complexity index is 535. The Morgan fingerprint density at radius 1 is 1.22 bits per heavy atom. The standard InChI is InChI=1S/C17H25N3O3/c1-4-23-16(21)13-9-11-20(12-10-13)17(22)18-14-5-7-15(8-6-14)19(2)3/h5-8,13H,4,9-12H2,1-3H3,(H,18,22). The van der Waals surface area contributed by atoms with Gasteiger partial charge in [-0.25, -0.2) is 4.79 Å². The molecule has 6 heteroatoms. The maximum atomic E-state index is 12.3. The summed E-state index contributed by atoms with van der Waals surface area (Å²) < 4.78 is 5.04. The lowest BCUT2D eigenvalue weighted by Gasteiger charge is -2.30. The van der Waals surface area contributed by atoms with Crippen LogP contribution < -0.4 is 10.2 Å². The summed E-state index contributed by atoms with van der Waals surface area (Å²) in [5.74, 6) is -0.231. The Labute approximate surface area is 137 Å². The molecule has 0 saturated carbocycles. The highest BCUT2D eigenvalue weighted by Gasteiger charge is 2.28. The van der Waals surface area contributed by atoms with E-state index < -0.39 is 0 Å². The van der Waals surface area contributed by atoms with Gasteiger partial charge in [-0.3, -0.25) is 4.79 Å². The topological polar surface area (TPSA) is 61.9 Å². The molecular weight excluding hydrogens is 294 g/mol. The largest absolute Gasteiger partial charge is 0.466 e. The Balaban J connectivity index is 1.84. The fourth-order valence-electron chi connectivity index (χ4n) is 2.62. The number of anilines is 2. The van der Waals surface area contributed by atoms with Crippen LogP contribution in [0.4, 0.5) is 16.2 Å². The number of nitrogens with one attached hydrogen (secondary N) is 1. The van der Waals surface area contributed by atoms with E-state index in [0.29, 0.717) is 32.5 Å². The van der Waals surface area contributed by atoms with Gasteiger partial charge < -0.3 is 19.9 Å². The van der Waals surface area contributed by atoms with E-state index in [1.54, 1.807) is 4.90 Å². The first kappa shape index (κ1) is 17.1. The van der Waals surface area contributed by atoms with Gasteiger partial charge in [0.15, 0.2) is 0 Å². The van der Waals surface area contributed by atoms with Crippen LogP contribution >= 0.6 is 0 Å². The van der Waals surface area contributed by atoms with Crippen molar-refractivity contribution in [2.75, 3.05) is 44.0 Å². The minimum absolute atomic E-state index is 0.0848. The molecule has 1 N–H and O–H groups in total. The smallest absolute Gasteiger partial charge is 0.321 e. The van der Waals surface area contributed by atoms with Crippen LogP contribution in [0.5, 0.6) is 0 Å². The fraction of sp³-hybridized carbons (Fsp3) is 0.529. The molecule has 126 valence electrons. The highest BCUT2D eigenvalue weighted by Crippen LogP contribution is 2.20. The molecule has 0 radical (unpaired) electrons. The molecule has 2 amide bonds. The maximum absolute atomic E-state index is 12.3. The van der Waals surface area contributed by atoms with E-state index in [0.717, 1.165) is 11.4 Å². The number of urea groups is 1. The number of benzene rings is 1. The molecule has 1 aromatic rings. The van der Waals surface area contributed by atoms with E-state index >= 15 is 0 Å². The zero-order valence-electron chi connectivity index (χ0n) is 14.0. The van der Waals surface area contributed by atoms with Crippen LogP contribution in [0.1, 0.15) is 19.8 Å². The first-order valence-corrected chi connectivity index (χ1v) is 8.01. The molecule has 1 aliphatic rings. The average molecular weight is 319 g/mol. The number of hydrogen-bond acceptors (Lipinski definition) is 4. The van der Waals surface area contributed by atoms with E-state index in [2.05, 4.69) is 5.32 Å². The van der Waals surface area contributed by atoms with Crippen molar-refractivity contribution in [3.63, 3.8) is 0 Å². The summed E-state index contributed by atoms with van der Waals surface area (Å²) in [6.07, 6.45) is 1.32. The van der Waals surface area contributed by atoms with E-state index in [4.69, 9.17) is 4.74 Å². The van der Waals surface area contributed by atoms with Gasteiger partial charge >= 0.3 is 12.0 Å². The number of rotatable bonds is 4. The SMILES string of the molecule is CCOC(=O)C1CCN(C(=O)Nc2ccc(N(C)C)cc2)CC1. The molecule has 2 rings (SSSR count). The zero-order chi connectivity index (χ0) is 16.8. The summed E-state index contributed by atoms with van der Waals surface area (Å²) in [5.41, 5.74) is 1.85. The minimum Gasteiger partial charge on any atom is -0.466 e. The number of carbonyl (C=O) groups is 2. The number of nitrogens with zero attached hydrogens (tertiary/aromatic N) is 2. The van der Waals surface area contributed by atoms with E-state index in [1.807, 2.05) is 50.2 Å². The van der Waals surface area contributed by atoms with Crippen molar-refractivity contribution in [2.45, 2.75) is 19.8 Å². The molecule has 0 atom stereocenters. The van der Waals surface area contributed by atoms with Gasteiger partial charge in [-0.05, 0) is 44.0 Å². The highest BCUT2D eigenvalue weighted by molar-refractivity contribution is 5.89. The normalized spacial score (nSPS) is 15.2. The van der Waals surface area contributed by atoms with Crippen LogP contribution in [0.2, 0.25) is 0 Å². The number of amides is 2. The number of esters is 1. The summed E-state index contributed by atoms with van der Waals surface area (Å²) in [6, 6.07) is 7.58. The summed E-state index contributed by atoms with van der Waals surface area (Å²) in [5, 5.41) is 2.90. The average Bonchev–Trinajstić information content (AvgIpc) is 2.55. The summed E-state index contributed by atoms with van der Waals surface area (Å²) in [6.45, 7) is 3.36. The van der Waals surface area contributed by atoms with Crippen LogP contribution in [0, 0.1) is 5.92 Å². The van der Waals surface area contributed by atoms with Crippen molar-refractivity contribution >= 4 is 23.4 Å². The van der Waals surface area contributed by atoms with Crippen LogP contribution in [-0.2, 0) is 9.53 Å². The van der Waals surface area contributed by atoms with E-state index in [1.165, 1.54) is 0 Å². The Morgan fingerprint density at radius 2 is 1.83 bits per heavy atom. The number of carbonyl (C=O) groups excluding carboxylic acids is 2. The second kappa shape index (κ2) is 7.85. The van der Waals surface area contributed by atoms with Crippen LogP contribution in [-0.4, -0.2) is 50.7 Å². The highest BCUT2D eigenvalue weighted by atomic mass is 16.5. The predicted molar refractivity (Wildman–Crippen MR) is 90.7 cm³/mol. The molecule has 0 aromatic heterocycles. The molecule has 1 heterocycles. The number of likely N-dealkylation sites (tertiary alicyclic amines) is 1. The minimum atomic E-state index is -0.146. The predicted octanol–water partition coefficient (Wildman–Crippen LogP) is 2.56. The third-order valence-electron chi connectivity index (χ3n) is 4.04. The van der Waals surface area contributed by atoms with Crippen molar-refractivity contribution < 1.29 is 14.3 Å². The van der Waals surface area contributed by atoms with Gasteiger partial charge in [0, 0.05) is 38.6 Å². The van der Waals surface area contributed by atoms with Gasteiger partial charge in [-0.2, -0.15) is 0 Å². The molecular formula is C17H25N3O3. The molecule has 23 heavy (non-hydrogen) atoms. The van der Waals surface area contributed by atoms with Crippen molar-refractivity contribution in [1.29, 1.82) is 0 Å². The van der Waals surface area contributed by atoms with Gasteiger partial charge in [0.05, 0.1) is 12.5 Å². The van der Waals surface area contributed by atoms with Gasteiger partial charge in [0.2, 0.25) is 0 Å². The van der Waals surface area contributed by atoms with Crippen molar-refractivity contribution in [3.05, 3.63) is 24.3 Å². The molecule has 1 aliphatic heterocycles. The van der Waals surface area contributed by atoms with Crippen molar-refractivity contribution in [1.82, 2.24) is 4.90 Å². The lowest BCUT2D eigenvalue weighted by atomic mass is 9.97. The first-order chi connectivity index (χ1) is 11.0. The molecule has 1 aromatic carbocycles. The fourth-order valence-corrected chi connectivity index (χ4v) is 2.62. The van der Waals surface area contributed by atoms with Gasteiger partial charge in [0.1, 0.15) is 0 Å². The van der Waals surface area contributed by atoms with Crippen molar-refractivity contribution in [2.24, 2.45) is 5.92 Å². The first-order valence-electron chi connectivity index (χ1n) is 8.01. The maximum Gasteiger partial charge on any atom is 0.321 e. The van der Waals surface area contributed by atoms with E-state index in [-0.39, 0.29) is 17.9 Å². The molecule has 1 saturated heterocycles. The van der Waals surface area contributed by atoms with Gasteiger partial charge in [-0.15, -0.1) is 0 Å². The summed E-state index contributed by atoms with van der Waals surface area (Å²) >= 11 is 0. The molecule has 1 fully saturated rings. The Kier molecular flexibility index (Phi) is 5.84. The second-order valence-electron chi connectivity index (χ2n) is 5.88. The molecule has 0 aliphatic carbocycles. The third-order valence-corrected chi connectivity index (χ3v) is 4.04. The lowest BCUT2D eigenvalue weighted by Crippen LogP contribution is -2.42. The van der Waals surface area contributed by atoms with Gasteiger partial charge in [-0.1, -0.05) is 0 Å². The molecule has 6 nitrogen and oxygen atoms in total. The van der Waals surface area contributed by atoms with Crippen LogP contribution in [0.3, 0.4) is 0 Å². The molecule has 0 spiro atoms. The van der Waals surface area contributed by atoms with E-state index in [9.17, 15) is 9.59 Å². The Hall–Kier alpha value is -2.24. The quantitative estimate of drug-likeness (QED) is 0.867. The van der Waals surface area contributed by atoms with Crippen LogP contribution in [0.15, 0.2) is 24.3 Å². The molecule has 0 unspecified atom stereocenters. The number of hydrogen-bond donors (Lipinski definition) is 1. The summed E-state index contributed by atoms with van der Waals surface area (Å²) in [4.78, 5) is 27.7. The second-order valence-corrected chi connectivity index (χ2v) is 5.88. The zero-order valence-corrected chi connectivity index (χ0v) is 14.0. The molecule has 0 bridgehead atoms. The number of piperidine rings is 1. The number of ether oxygens (including phenoxy) is 1. The van der Waals surface area contributed by atoms with Crippen LogP contribution in [0.25, 0.3) is 0 Å². The Morgan fingerprint density at radius 3 is 2.35 bits per heavy atom. The van der Waals surface area contributed by atoms with Crippen molar-refractivity contribution in [3.8, 4) is 0 Å². The monoisotopic (exact) mass is 319 g/mol. The lowest BCUT2D eigenvalue weighted by molar-refractivity contribution is -0.149.